The molecular formula is C30H43N3O8. The van der Waals surface area contributed by atoms with E-state index in [1.54, 1.807) is 38.2 Å². The van der Waals surface area contributed by atoms with Crippen molar-refractivity contribution in [3.8, 4) is 11.5 Å². The van der Waals surface area contributed by atoms with Crippen LogP contribution >= 0.6 is 0 Å². The number of phenols is 2. The number of aliphatic hydroxyl groups excluding tert-OH is 1. The minimum absolute atomic E-state index is 0.0442. The maximum atomic E-state index is 12.9. The standard InChI is InChI=1S/C30H43N3O8/c1-7-14-32-25-20-11-9-12-23(39-5)26(35)18(3)15-19(4)28(41-30(31)38)24(40-6)13-8-10-17(2)29(37)33-21(27(20)36)16-22(25)34/h7-8,10,13,15-16,18,23-24,26,28,32,34-36H,1,9,11-12,14H2,2-6H3,(H2,31,38)(H,33,37)/b13-8-,17-10+,19-15+/t18-,23-,24-,26+,28?/m0/s1. The van der Waals surface area contributed by atoms with Crippen LogP contribution in [0.2, 0.25) is 0 Å². The van der Waals surface area contributed by atoms with Gasteiger partial charge in [-0.3, -0.25) is 4.79 Å². The number of nitrogens with one attached hydrogen (secondary N) is 2. The first-order valence-electron chi connectivity index (χ1n) is 13.4. The Morgan fingerprint density at radius 2 is 1.98 bits per heavy atom. The lowest BCUT2D eigenvalue weighted by Gasteiger charge is -2.28. The molecule has 1 unspecified atom stereocenters. The zero-order valence-electron chi connectivity index (χ0n) is 24.3. The lowest BCUT2D eigenvalue weighted by molar-refractivity contribution is -0.112. The lowest BCUT2D eigenvalue weighted by atomic mass is 9.91. The molecule has 0 aromatic heterocycles. The van der Waals surface area contributed by atoms with Gasteiger partial charge in [-0.25, -0.2) is 4.79 Å². The van der Waals surface area contributed by atoms with Gasteiger partial charge in [0, 0.05) is 43.9 Å². The van der Waals surface area contributed by atoms with E-state index in [0.717, 1.165) is 0 Å². The summed E-state index contributed by atoms with van der Waals surface area (Å²) < 4.78 is 16.5. The number of fused-ring (bicyclic) bond motifs is 2. The second kappa shape index (κ2) is 15.8. The summed E-state index contributed by atoms with van der Waals surface area (Å²) in [5.74, 6) is -1.25. The van der Waals surface area contributed by atoms with Crippen LogP contribution in [0.25, 0.3) is 0 Å². The van der Waals surface area contributed by atoms with Gasteiger partial charge < -0.3 is 45.9 Å². The van der Waals surface area contributed by atoms with Crippen molar-refractivity contribution in [1.29, 1.82) is 0 Å². The zero-order chi connectivity index (χ0) is 30.7. The number of nitrogens with two attached hydrogens (primary N) is 1. The fraction of sp³-hybridized carbons (Fsp3) is 0.467. The minimum Gasteiger partial charge on any atom is -0.506 e. The molecule has 2 rings (SSSR count). The van der Waals surface area contributed by atoms with E-state index in [0.29, 0.717) is 48.2 Å². The molecule has 0 saturated heterocycles. The molecule has 1 heterocycles. The lowest BCUT2D eigenvalue weighted by Crippen LogP contribution is -2.36. The van der Waals surface area contributed by atoms with Crippen LogP contribution < -0.4 is 16.4 Å². The molecule has 41 heavy (non-hydrogen) atoms. The predicted octanol–water partition coefficient (Wildman–Crippen LogP) is 3.91. The second-order valence-corrected chi connectivity index (χ2v) is 9.99. The van der Waals surface area contributed by atoms with Crippen molar-refractivity contribution in [3.63, 3.8) is 0 Å². The number of carbonyl (C=O) groups excluding carboxylic acids is 2. The highest BCUT2D eigenvalue weighted by atomic mass is 16.6. The summed E-state index contributed by atoms with van der Waals surface area (Å²) in [6.45, 7) is 9.16. The number of hydrogen-bond acceptors (Lipinski definition) is 9. The minimum atomic E-state index is -0.988. The van der Waals surface area contributed by atoms with Crippen LogP contribution in [0.5, 0.6) is 11.5 Å². The summed E-state index contributed by atoms with van der Waals surface area (Å²) >= 11 is 0. The average molecular weight is 574 g/mol. The van der Waals surface area contributed by atoms with Crippen molar-refractivity contribution in [2.75, 3.05) is 31.4 Å². The monoisotopic (exact) mass is 573 g/mol. The molecule has 0 fully saturated rings. The molecule has 226 valence electrons. The largest absolute Gasteiger partial charge is 0.506 e. The first kappa shape index (κ1) is 33.4. The Labute approximate surface area is 241 Å². The van der Waals surface area contributed by atoms with E-state index < -0.39 is 42.3 Å². The molecule has 0 saturated carbocycles. The number of aromatic hydroxyl groups is 2. The van der Waals surface area contributed by atoms with Gasteiger partial charge in [-0.05, 0) is 38.7 Å². The highest BCUT2D eigenvalue weighted by Gasteiger charge is 2.28. The number of methoxy groups -OCH3 is 2. The van der Waals surface area contributed by atoms with Crippen LogP contribution in [0.4, 0.5) is 16.2 Å². The molecule has 5 atom stereocenters. The third kappa shape index (κ3) is 9.10. The van der Waals surface area contributed by atoms with E-state index in [9.17, 15) is 24.9 Å². The number of allylic oxidation sites excluding steroid dienone is 2. The number of benzene rings is 1. The number of hydrogen-bond donors (Lipinski definition) is 6. The Bertz CT molecular complexity index is 1180. The molecule has 0 spiro atoms. The SMILES string of the molecule is C=CCNc1c(O)cc2c(O)c1CCC[C@H](OC)[C@H](O)[C@@H](C)/C=C(\C)C(OC(N)=O)[C@@H](OC)/C=C\C=C(/C)C(=O)N2. The van der Waals surface area contributed by atoms with Gasteiger partial charge >= 0.3 is 6.09 Å². The van der Waals surface area contributed by atoms with Crippen LogP contribution in [-0.4, -0.2) is 72.5 Å². The third-order valence-corrected chi connectivity index (χ3v) is 6.98. The van der Waals surface area contributed by atoms with Gasteiger partial charge in [0.15, 0.2) is 6.10 Å². The Hall–Kier alpha value is -3.80. The number of amides is 2. The normalized spacial score (nSPS) is 27.9. The fourth-order valence-electron chi connectivity index (χ4n) is 4.73. The summed E-state index contributed by atoms with van der Waals surface area (Å²) in [7, 11) is 2.95. The smallest absolute Gasteiger partial charge is 0.405 e. The summed E-state index contributed by atoms with van der Waals surface area (Å²) in [4.78, 5) is 24.6. The highest BCUT2D eigenvalue weighted by molar-refractivity contribution is 6.04. The predicted molar refractivity (Wildman–Crippen MR) is 158 cm³/mol. The van der Waals surface area contributed by atoms with Crippen LogP contribution in [0, 0.1) is 5.92 Å². The first-order chi connectivity index (χ1) is 19.4. The number of ether oxygens (including phenoxy) is 3. The van der Waals surface area contributed by atoms with Gasteiger partial charge in [-0.1, -0.05) is 37.3 Å². The Balaban J connectivity index is 2.61. The molecule has 0 radical (unpaired) electrons. The van der Waals surface area contributed by atoms with Crippen molar-refractivity contribution in [2.45, 2.75) is 64.4 Å². The molecule has 2 bridgehead atoms. The molecule has 0 aliphatic carbocycles. The molecular weight excluding hydrogens is 530 g/mol. The number of carbonyl (C=O) groups is 2. The maximum Gasteiger partial charge on any atom is 0.405 e. The molecule has 1 aliphatic heterocycles. The van der Waals surface area contributed by atoms with Gasteiger partial charge in [-0.15, -0.1) is 6.58 Å². The summed E-state index contributed by atoms with van der Waals surface area (Å²) in [5.41, 5.74) is 7.01. The Morgan fingerprint density at radius 1 is 1.27 bits per heavy atom. The van der Waals surface area contributed by atoms with Crippen LogP contribution in [0.15, 0.2) is 54.2 Å². The first-order valence-corrected chi connectivity index (χ1v) is 13.4. The molecule has 1 aromatic carbocycles. The topological polar surface area (TPSA) is 173 Å². The van der Waals surface area contributed by atoms with Gasteiger partial charge in [0.2, 0.25) is 0 Å². The van der Waals surface area contributed by atoms with Gasteiger partial charge in [0.05, 0.1) is 23.6 Å². The van der Waals surface area contributed by atoms with E-state index in [1.807, 2.05) is 6.92 Å². The van der Waals surface area contributed by atoms with E-state index in [1.165, 1.54) is 26.4 Å². The molecule has 7 N–H and O–H groups in total. The van der Waals surface area contributed by atoms with Gasteiger partial charge in [-0.2, -0.15) is 0 Å². The van der Waals surface area contributed by atoms with Crippen molar-refractivity contribution in [2.24, 2.45) is 11.7 Å². The van der Waals surface area contributed by atoms with Crippen molar-refractivity contribution < 1.29 is 39.1 Å². The van der Waals surface area contributed by atoms with Crippen molar-refractivity contribution >= 4 is 23.4 Å². The quantitative estimate of drug-likeness (QED) is 0.168. The molecule has 11 nitrogen and oxygen atoms in total. The van der Waals surface area contributed by atoms with E-state index in [-0.39, 0.29) is 17.2 Å². The van der Waals surface area contributed by atoms with Crippen LogP contribution in [0.1, 0.15) is 39.2 Å². The van der Waals surface area contributed by atoms with E-state index >= 15 is 0 Å². The molecule has 11 heteroatoms. The number of anilines is 2. The van der Waals surface area contributed by atoms with Crippen LogP contribution in [-0.2, 0) is 25.4 Å². The number of phenolic OH excluding ortho intramolecular Hbond substituents is 2. The van der Waals surface area contributed by atoms with E-state index in [2.05, 4.69) is 17.2 Å². The number of primary amides is 1. The van der Waals surface area contributed by atoms with Gasteiger partial charge in [0.1, 0.15) is 17.6 Å². The van der Waals surface area contributed by atoms with Crippen LogP contribution in [0.3, 0.4) is 0 Å². The number of rotatable bonds is 6. The third-order valence-electron chi connectivity index (χ3n) is 6.98. The van der Waals surface area contributed by atoms with E-state index in [4.69, 9.17) is 19.9 Å². The average Bonchev–Trinajstić information content (AvgIpc) is 2.93. The zero-order valence-corrected chi connectivity index (χ0v) is 24.3. The Kier molecular flexibility index (Phi) is 12.9. The maximum absolute atomic E-state index is 12.9. The van der Waals surface area contributed by atoms with Crippen molar-refractivity contribution in [3.05, 3.63) is 59.7 Å². The van der Waals surface area contributed by atoms with Crippen molar-refractivity contribution in [1.82, 2.24) is 0 Å². The molecule has 2 amide bonds. The summed E-state index contributed by atoms with van der Waals surface area (Å²) in [5, 5.41) is 38.7. The number of aliphatic hydroxyl groups is 1. The summed E-state index contributed by atoms with van der Waals surface area (Å²) in [6.07, 6.45) is 5.18. The molecule has 1 aliphatic rings. The summed E-state index contributed by atoms with van der Waals surface area (Å²) in [6, 6.07) is 1.28. The molecule has 1 aromatic rings. The highest BCUT2D eigenvalue weighted by Crippen LogP contribution is 2.41. The van der Waals surface area contributed by atoms with Gasteiger partial charge in [0.25, 0.3) is 5.91 Å². The Morgan fingerprint density at radius 3 is 2.59 bits per heavy atom. The fourth-order valence-corrected chi connectivity index (χ4v) is 4.73. The second-order valence-electron chi connectivity index (χ2n) is 9.99.